The highest BCUT2D eigenvalue weighted by atomic mass is 32.2. The summed E-state index contributed by atoms with van der Waals surface area (Å²) in [4.78, 5) is 11.6. The molecule has 16 heavy (non-hydrogen) atoms. The molecule has 94 valence electrons. The SMILES string of the molecule is CC(C)C(N)CC(=O)NCC1CSCCS1. The summed E-state index contributed by atoms with van der Waals surface area (Å²) in [5.41, 5.74) is 5.86. The summed E-state index contributed by atoms with van der Waals surface area (Å²) in [5.74, 6) is 4.06. The fraction of sp³-hybridized carbons (Fsp3) is 0.909. The maximum Gasteiger partial charge on any atom is 0.221 e. The summed E-state index contributed by atoms with van der Waals surface area (Å²) < 4.78 is 0. The second kappa shape index (κ2) is 7.45. The van der Waals surface area contributed by atoms with Crippen molar-refractivity contribution in [1.29, 1.82) is 0 Å². The van der Waals surface area contributed by atoms with Crippen LogP contribution >= 0.6 is 23.5 Å². The number of carbonyl (C=O) groups excluding carboxylic acids is 1. The van der Waals surface area contributed by atoms with Gasteiger partial charge in [0.15, 0.2) is 0 Å². The van der Waals surface area contributed by atoms with E-state index in [2.05, 4.69) is 5.32 Å². The fourth-order valence-corrected chi connectivity index (χ4v) is 4.02. The van der Waals surface area contributed by atoms with Gasteiger partial charge >= 0.3 is 0 Å². The lowest BCUT2D eigenvalue weighted by Crippen LogP contribution is -2.38. The first-order valence-electron chi connectivity index (χ1n) is 5.81. The average Bonchev–Trinajstić information content (AvgIpc) is 2.27. The van der Waals surface area contributed by atoms with Crippen molar-refractivity contribution in [3.05, 3.63) is 0 Å². The van der Waals surface area contributed by atoms with Gasteiger partial charge in [0.05, 0.1) is 0 Å². The van der Waals surface area contributed by atoms with Crippen molar-refractivity contribution in [1.82, 2.24) is 5.32 Å². The van der Waals surface area contributed by atoms with Gasteiger partial charge in [0.25, 0.3) is 0 Å². The van der Waals surface area contributed by atoms with Gasteiger partial charge in [-0.1, -0.05) is 13.8 Å². The summed E-state index contributed by atoms with van der Waals surface area (Å²) in [6.45, 7) is 4.89. The van der Waals surface area contributed by atoms with Crippen LogP contribution in [0.5, 0.6) is 0 Å². The molecule has 1 amide bonds. The largest absolute Gasteiger partial charge is 0.355 e. The molecule has 0 bridgehead atoms. The molecule has 3 N–H and O–H groups in total. The maximum absolute atomic E-state index is 11.6. The summed E-state index contributed by atoms with van der Waals surface area (Å²) in [7, 11) is 0. The Morgan fingerprint density at radius 3 is 2.81 bits per heavy atom. The van der Waals surface area contributed by atoms with E-state index in [0.29, 0.717) is 17.6 Å². The van der Waals surface area contributed by atoms with Crippen LogP contribution in [0.25, 0.3) is 0 Å². The van der Waals surface area contributed by atoms with Crippen molar-refractivity contribution >= 4 is 29.4 Å². The molecule has 2 unspecified atom stereocenters. The lowest BCUT2D eigenvalue weighted by Gasteiger charge is -2.22. The van der Waals surface area contributed by atoms with E-state index < -0.39 is 0 Å². The van der Waals surface area contributed by atoms with E-state index >= 15 is 0 Å². The predicted molar refractivity (Wildman–Crippen MR) is 74.0 cm³/mol. The van der Waals surface area contributed by atoms with Gasteiger partial charge in [-0.3, -0.25) is 4.79 Å². The van der Waals surface area contributed by atoms with Gasteiger partial charge in [0.2, 0.25) is 5.91 Å². The van der Waals surface area contributed by atoms with Crippen molar-refractivity contribution in [2.24, 2.45) is 11.7 Å². The van der Waals surface area contributed by atoms with Crippen LogP contribution in [0.1, 0.15) is 20.3 Å². The Balaban J connectivity index is 2.14. The van der Waals surface area contributed by atoms with Gasteiger partial charge < -0.3 is 11.1 Å². The van der Waals surface area contributed by atoms with Gasteiger partial charge in [-0.15, -0.1) is 0 Å². The fourth-order valence-electron chi connectivity index (χ4n) is 1.40. The quantitative estimate of drug-likeness (QED) is 0.785. The minimum absolute atomic E-state index is 0.0200. The van der Waals surface area contributed by atoms with Crippen molar-refractivity contribution in [3.63, 3.8) is 0 Å². The Labute approximate surface area is 107 Å². The molecular formula is C11H22N2OS2. The standard InChI is InChI=1S/C11H22N2OS2/c1-8(2)10(12)5-11(14)13-6-9-7-15-3-4-16-9/h8-10H,3-7,12H2,1-2H3,(H,13,14). The topological polar surface area (TPSA) is 55.1 Å². The Hall–Kier alpha value is 0.130. The lowest BCUT2D eigenvalue weighted by atomic mass is 10.0. The van der Waals surface area contributed by atoms with Crippen molar-refractivity contribution in [3.8, 4) is 0 Å². The van der Waals surface area contributed by atoms with Crippen molar-refractivity contribution in [2.75, 3.05) is 23.8 Å². The van der Waals surface area contributed by atoms with Gasteiger partial charge in [0, 0.05) is 41.5 Å². The van der Waals surface area contributed by atoms with Crippen LogP contribution in [-0.4, -0.2) is 41.0 Å². The second-order valence-electron chi connectivity index (χ2n) is 4.48. The molecule has 1 aliphatic rings. The van der Waals surface area contributed by atoms with Crippen molar-refractivity contribution < 1.29 is 4.79 Å². The molecule has 3 nitrogen and oxygen atoms in total. The van der Waals surface area contributed by atoms with E-state index in [4.69, 9.17) is 5.73 Å². The zero-order valence-electron chi connectivity index (χ0n) is 10.1. The zero-order chi connectivity index (χ0) is 12.0. The molecule has 0 aliphatic carbocycles. The molecule has 5 heteroatoms. The highest BCUT2D eigenvalue weighted by Crippen LogP contribution is 2.23. The van der Waals surface area contributed by atoms with Crippen LogP contribution in [0, 0.1) is 5.92 Å². The molecule has 2 atom stereocenters. The third kappa shape index (κ3) is 5.46. The van der Waals surface area contributed by atoms with E-state index in [1.807, 2.05) is 37.4 Å². The molecule has 0 spiro atoms. The molecule has 1 aliphatic heterocycles. The van der Waals surface area contributed by atoms with Crippen LogP contribution in [0.3, 0.4) is 0 Å². The monoisotopic (exact) mass is 262 g/mol. The first-order valence-corrected chi connectivity index (χ1v) is 8.01. The lowest BCUT2D eigenvalue weighted by molar-refractivity contribution is -0.121. The molecule has 0 aromatic rings. The van der Waals surface area contributed by atoms with Crippen LogP contribution in [0.2, 0.25) is 0 Å². The molecule has 1 saturated heterocycles. The first kappa shape index (κ1) is 14.2. The summed E-state index contributed by atoms with van der Waals surface area (Å²) >= 11 is 3.94. The summed E-state index contributed by atoms with van der Waals surface area (Å²) in [5, 5.41) is 3.57. The van der Waals surface area contributed by atoms with E-state index in [1.165, 1.54) is 11.5 Å². The Morgan fingerprint density at radius 1 is 1.50 bits per heavy atom. The Morgan fingerprint density at radius 2 is 2.25 bits per heavy atom. The van der Waals surface area contributed by atoms with Gasteiger partial charge in [-0.25, -0.2) is 0 Å². The Bertz CT molecular complexity index is 218. The summed E-state index contributed by atoms with van der Waals surface area (Å²) in [6, 6.07) is -0.0200. The van der Waals surface area contributed by atoms with E-state index in [1.54, 1.807) is 0 Å². The molecule has 1 heterocycles. The van der Waals surface area contributed by atoms with Gasteiger partial charge in [-0.05, 0) is 5.92 Å². The number of nitrogens with two attached hydrogens (primary N) is 1. The predicted octanol–water partition coefficient (Wildman–Crippen LogP) is 1.32. The third-order valence-corrected chi connectivity index (χ3v) is 5.53. The van der Waals surface area contributed by atoms with Crippen LogP contribution in [0.4, 0.5) is 0 Å². The number of thioether (sulfide) groups is 2. The number of hydrogen-bond donors (Lipinski definition) is 2. The van der Waals surface area contributed by atoms with Gasteiger partial charge in [-0.2, -0.15) is 23.5 Å². The Kier molecular flexibility index (Phi) is 6.61. The van der Waals surface area contributed by atoms with Gasteiger partial charge in [0.1, 0.15) is 0 Å². The highest BCUT2D eigenvalue weighted by Gasteiger charge is 2.17. The molecule has 1 fully saturated rings. The first-order chi connectivity index (χ1) is 7.59. The molecule has 0 saturated carbocycles. The van der Waals surface area contributed by atoms with Crippen LogP contribution in [-0.2, 0) is 4.79 Å². The molecule has 1 rings (SSSR count). The van der Waals surface area contributed by atoms with E-state index in [9.17, 15) is 4.79 Å². The van der Waals surface area contributed by atoms with Crippen LogP contribution in [0.15, 0.2) is 0 Å². The normalized spacial score (nSPS) is 23.1. The number of carbonyl (C=O) groups is 1. The second-order valence-corrected chi connectivity index (χ2v) is 7.04. The highest BCUT2D eigenvalue weighted by molar-refractivity contribution is 8.06. The minimum atomic E-state index is -0.0200. The van der Waals surface area contributed by atoms with E-state index in [-0.39, 0.29) is 11.9 Å². The van der Waals surface area contributed by atoms with E-state index in [0.717, 1.165) is 12.3 Å². The number of nitrogens with one attached hydrogen (secondary N) is 1. The third-order valence-electron chi connectivity index (χ3n) is 2.69. The molecule has 0 radical (unpaired) electrons. The zero-order valence-corrected chi connectivity index (χ0v) is 11.7. The number of hydrogen-bond acceptors (Lipinski definition) is 4. The smallest absolute Gasteiger partial charge is 0.221 e. The number of amides is 1. The molecule has 0 aromatic heterocycles. The van der Waals surface area contributed by atoms with Crippen LogP contribution < -0.4 is 11.1 Å². The maximum atomic E-state index is 11.6. The molecule has 0 aromatic carbocycles. The molecular weight excluding hydrogens is 240 g/mol. The minimum Gasteiger partial charge on any atom is -0.355 e. The van der Waals surface area contributed by atoms with Crippen molar-refractivity contribution in [2.45, 2.75) is 31.6 Å². The number of rotatable bonds is 5. The average molecular weight is 262 g/mol. The summed E-state index contributed by atoms with van der Waals surface area (Å²) in [6.07, 6.45) is 0.447.